The van der Waals surface area contributed by atoms with Crippen LogP contribution in [0.5, 0.6) is 0 Å². The van der Waals surface area contributed by atoms with Crippen LogP contribution in [0, 0.1) is 6.92 Å². The second-order valence-corrected chi connectivity index (χ2v) is 5.15. The van der Waals surface area contributed by atoms with E-state index in [1.165, 1.54) is 0 Å². The minimum atomic E-state index is -0.397. The first kappa shape index (κ1) is 11.9. The predicted octanol–water partition coefficient (Wildman–Crippen LogP) is 3.40. The summed E-state index contributed by atoms with van der Waals surface area (Å²) in [6.07, 6.45) is 1.75. The highest BCUT2D eigenvalue weighted by Crippen LogP contribution is 2.22. The molecule has 2 heterocycles. The van der Waals surface area contributed by atoms with Gasteiger partial charge in [-0.25, -0.2) is 9.79 Å². The van der Waals surface area contributed by atoms with Crippen molar-refractivity contribution in [3.63, 3.8) is 0 Å². The Morgan fingerprint density at radius 3 is 2.79 bits per heavy atom. The van der Waals surface area contributed by atoms with Crippen LogP contribution in [0.1, 0.15) is 16.0 Å². The Kier molecular flexibility index (Phi) is 3.01. The lowest BCUT2D eigenvalue weighted by Gasteiger charge is -2.02. The van der Waals surface area contributed by atoms with E-state index in [-0.39, 0.29) is 0 Å². The summed E-state index contributed by atoms with van der Waals surface area (Å²) in [6, 6.07) is 11.6. The van der Waals surface area contributed by atoms with Crippen molar-refractivity contribution in [3.8, 4) is 0 Å². The fraction of sp³-hybridized carbons (Fsp3) is 0.0667. The normalized spacial score (nSPS) is 16.6. The number of ether oxygens (including phenoxy) is 1. The Hall–Kier alpha value is -2.20. The number of hydrogen-bond donors (Lipinski definition) is 0. The number of aliphatic imine (C=N–C) groups is 1. The van der Waals surface area contributed by atoms with Gasteiger partial charge in [0.15, 0.2) is 5.70 Å². The standard InChI is InChI=1S/C15H11NO2S/c1-10-5-2-3-7-12(10)14-16-13(15(17)18-14)9-11-6-4-8-19-11/h2-9H,1H3/b13-9+. The van der Waals surface area contributed by atoms with Gasteiger partial charge in [-0.3, -0.25) is 0 Å². The number of nitrogens with zero attached hydrogens (tertiary/aromatic N) is 1. The molecule has 94 valence electrons. The van der Waals surface area contributed by atoms with E-state index in [2.05, 4.69) is 4.99 Å². The summed E-state index contributed by atoms with van der Waals surface area (Å²) >= 11 is 1.56. The molecule has 0 amide bonds. The number of benzene rings is 1. The molecule has 1 aromatic carbocycles. The maximum atomic E-state index is 11.8. The third-order valence-electron chi connectivity index (χ3n) is 2.82. The van der Waals surface area contributed by atoms with E-state index in [0.29, 0.717) is 11.6 Å². The third-order valence-corrected chi connectivity index (χ3v) is 3.64. The number of carbonyl (C=O) groups excluding carboxylic acids is 1. The van der Waals surface area contributed by atoms with E-state index in [1.807, 2.05) is 48.7 Å². The maximum Gasteiger partial charge on any atom is 0.363 e. The number of cyclic esters (lactones) is 1. The Balaban J connectivity index is 1.98. The quantitative estimate of drug-likeness (QED) is 0.619. The molecule has 0 aliphatic carbocycles. The van der Waals surface area contributed by atoms with Crippen molar-refractivity contribution in [2.24, 2.45) is 4.99 Å². The van der Waals surface area contributed by atoms with Crippen LogP contribution in [0.3, 0.4) is 0 Å². The molecular weight excluding hydrogens is 258 g/mol. The van der Waals surface area contributed by atoms with E-state index in [0.717, 1.165) is 16.0 Å². The van der Waals surface area contributed by atoms with Crippen LogP contribution in [0.2, 0.25) is 0 Å². The summed E-state index contributed by atoms with van der Waals surface area (Å²) in [7, 11) is 0. The van der Waals surface area contributed by atoms with Crippen LogP contribution in [0.4, 0.5) is 0 Å². The number of esters is 1. The zero-order chi connectivity index (χ0) is 13.2. The molecule has 0 bridgehead atoms. The van der Waals surface area contributed by atoms with Crippen LogP contribution in [-0.2, 0) is 9.53 Å². The molecule has 1 aliphatic rings. The first-order valence-electron chi connectivity index (χ1n) is 5.86. The molecule has 0 radical (unpaired) electrons. The number of hydrogen-bond acceptors (Lipinski definition) is 4. The number of thiophene rings is 1. The van der Waals surface area contributed by atoms with Crippen LogP contribution in [-0.4, -0.2) is 11.9 Å². The van der Waals surface area contributed by atoms with Crippen molar-refractivity contribution in [1.29, 1.82) is 0 Å². The van der Waals surface area contributed by atoms with E-state index in [4.69, 9.17) is 4.74 Å². The summed E-state index contributed by atoms with van der Waals surface area (Å²) in [4.78, 5) is 17.1. The number of carbonyl (C=O) groups is 1. The van der Waals surface area contributed by atoms with Crippen molar-refractivity contribution >= 4 is 29.3 Å². The molecule has 0 saturated heterocycles. The van der Waals surface area contributed by atoms with Gasteiger partial charge in [0.2, 0.25) is 5.90 Å². The van der Waals surface area contributed by atoms with Crippen molar-refractivity contribution in [3.05, 3.63) is 63.5 Å². The highest BCUT2D eigenvalue weighted by atomic mass is 32.1. The minimum absolute atomic E-state index is 0.348. The monoisotopic (exact) mass is 269 g/mol. The molecule has 0 unspecified atom stereocenters. The number of aryl methyl sites for hydroxylation is 1. The summed E-state index contributed by atoms with van der Waals surface area (Å²) in [5.74, 6) is -0.0161. The molecule has 1 aromatic heterocycles. The van der Waals surface area contributed by atoms with Gasteiger partial charge >= 0.3 is 5.97 Å². The van der Waals surface area contributed by atoms with Gasteiger partial charge in [0.05, 0.1) is 0 Å². The smallest absolute Gasteiger partial charge is 0.363 e. The lowest BCUT2D eigenvalue weighted by molar-refractivity contribution is -0.129. The van der Waals surface area contributed by atoms with Gasteiger partial charge in [0, 0.05) is 10.4 Å². The molecular formula is C15H11NO2S. The summed E-state index contributed by atoms with van der Waals surface area (Å²) in [5.41, 5.74) is 2.23. The first-order valence-corrected chi connectivity index (χ1v) is 6.74. The predicted molar refractivity (Wildman–Crippen MR) is 76.1 cm³/mol. The zero-order valence-corrected chi connectivity index (χ0v) is 11.1. The van der Waals surface area contributed by atoms with E-state index in [1.54, 1.807) is 17.4 Å². The van der Waals surface area contributed by atoms with Gasteiger partial charge in [-0.05, 0) is 36.1 Å². The molecule has 19 heavy (non-hydrogen) atoms. The molecule has 0 spiro atoms. The van der Waals surface area contributed by atoms with Crippen LogP contribution >= 0.6 is 11.3 Å². The molecule has 2 aromatic rings. The van der Waals surface area contributed by atoms with E-state index in [9.17, 15) is 4.79 Å². The molecule has 3 rings (SSSR count). The number of rotatable bonds is 2. The fourth-order valence-corrected chi connectivity index (χ4v) is 2.50. The van der Waals surface area contributed by atoms with Crippen LogP contribution in [0.15, 0.2) is 52.5 Å². The Labute approximate surface area is 114 Å². The lowest BCUT2D eigenvalue weighted by Crippen LogP contribution is -2.06. The van der Waals surface area contributed by atoms with Crippen LogP contribution in [0.25, 0.3) is 6.08 Å². The summed E-state index contributed by atoms with van der Waals surface area (Å²) < 4.78 is 5.24. The summed E-state index contributed by atoms with van der Waals surface area (Å²) in [6.45, 7) is 1.96. The average molecular weight is 269 g/mol. The van der Waals surface area contributed by atoms with E-state index >= 15 is 0 Å². The molecule has 0 saturated carbocycles. The molecule has 0 fully saturated rings. The van der Waals surface area contributed by atoms with Crippen LogP contribution < -0.4 is 0 Å². The Morgan fingerprint density at radius 2 is 2.05 bits per heavy atom. The second kappa shape index (κ2) is 4.82. The largest absolute Gasteiger partial charge is 0.402 e. The maximum absolute atomic E-state index is 11.8. The zero-order valence-electron chi connectivity index (χ0n) is 10.3. The van der Waals surface area contributed by atoms with Crippen molar-refractivity contribution in [2.75, 3.05) is 0 Å². The Morgan fingerprint density at radius 1 is 1.21 bits per heavy atom. The first-order chi connectivity index (χ1) is 9.24. The second-order valence-electron chi connectivity index (χ2n) is 4.17. The van der Waals surface area contributed by atoms with Gasteiger partial charge in [-0.2, -0.15) is 0 Å². The summed E-state index contributed by atoms with van der Waals surface area (Å²) in [5, 5.41) is 1.96. The average Bonchev–Trinajstić information content (AvgIpc) is 3.02. The lowest BCUT2D eigenvalue weighted by atomic mass is 10.1. The minimum Gasteiger partial charge on any atom is -0.402 e. The molecule has 4 heteroatoms. The molecule has 0 atom stereocenters. The van der Waals surface area contributed by atoms with Gasteiger partial charge in [-0.15, -0.1) is 11.3 Å². The fourth-order valence-electron chi connectivity index (χ4n) is 1.85. The van der Waals surface area contributed by atoms with Gasteiger partial charge < -0.3 is 4.74 Å². The molecule has 3 nitrogen and oxygen atoms in total. The van der Waals surface area contributed by atoms with Gasteiger partial charge in [0.25, 0.3) is 0 Å². The van der Waals surface area contributed by atoms with E-state index < -0.39 is 5.97 Å². The molecule has 0 N–H and O–H groups in total. The Bertz CT molecular complexity index is 684. The highest BCUT2D eigenvalue weighted by Gasteiger charge is 2.24. The SMILES string of the molecule is Cc1ccccc1C1=N/C(=C/c2cccs2)C(=O)O1. The highest BCUT2D eigenvalue weighted by molar-refractivity contribution is 7.10. The third kappa shape index (κ3) is 2.35. The van der Waals surface area contributed by atoms with Gasteiger partial charge in [-0.1, -0.05) is 24.3 Å². The van der Waals surface area contributed by atoms with Gasteiger partial charge in [0.1, 0.15) is 0 Å². The topological polar surface area (TPSA) is 38.7 Å². The van der Waals surface area contributed by atoms with Crippen molar-refractivity contribution in [2.45, 2.75) is 6.92 Å². The molecule has 1 aliphatic heterocycles. The van der Waals surface area contributed by atoms with Crippen molar-refractivity contribution < 1.29 is 9.53 Å². The van der Waals surface area contributed by atoms with Crippen molar-refractivity contribution in [1.82, 2.24) is 0 Å².